The van der Waals surface area contributed by atoms with Crippen LogP contribution in [0, 0.1) is 67.0 Å². The fourth-order valence-corrected chi connectivity index (χ4v) is 24.3. The fraction of sp³-hybridized carbons (Fsp3) is 0.113. The van der Waals surface area contributed by atoms with Crippen molar-refractivity contribution in [3.8, 4) is 100 Å². The summed E-state index contributed by atoms with van der Waals surface area (Å²) in [4.78, 5) is 0. The van der Waals surface area contributed by atoms with Crippen molar-refractivity contribution in [1.29, 1.82) is 0 Å². The summed E-state index contributed by atoms with van der Waals surface area (Å²) in [6.45, 7) is 23.7. The molecular formula is C142H114F2. The second-order valence-electron chi connectivity index (χ2n) is 40.7. The van der Waals surface area contributed by atoms with Gasteiger partial charge in [-0.1, -0.05) is 515 Å². The van der Waals surface area contributed by atoms with Gasteiger partial charge in [0.2, 0.25) is 0 Å². The number of hydrogen-bond donors (Lipinski definition) is 0. The highest BCUT2D eigenvalue weighted by atomic mass is 19.1. The summed E-state index contributed by atoms with van der Waals surface area (Å²) in [5, 5.41) is 0. The molecule has 144 heavy (non-hydrogen) atoms. The minimum atomic E-state index is -0.513. The third kappa shape index (κ3) is 15.6. The van der Waals surface area contributed by atoms with E-state index in [1.807, 2.05) is 42.5 Å². The number of aryl methyl sites for hydroxylation is 8. The van der Waals surface area contributed by atoms with Crippen molar-refractivity contribution >= 4 is 0 Å². The lowest BCUT2D eigenvalue weighted by atomic mass is 9.67. The molecule has 0 atom stereocenters. The zero-order chi connectivity index (χ0) is 98.8. The number of hydrogen-bond acceptors (Lipinski definition) is 0. The molecule has 0 amide bonds. The normalized spacial score (nSPS) is 13.4. The molecule has 0 saturated heterocycles. The molecule has 0 heterocycles. The molecule has 2 heteroatoms. The van der Waals surface area contributed by atoms with E-state index in [0.717, 1.165) is 33.4 Å². The van der Waals surface area contributed by atoms with Crippen molar-refractivity contribution in [2.45, 2.75) is 103 Å². The van der Waals surface area contributed by atoms with Crippen LogP contribution in [0.4, 0.5) is 8.78 Å². The van der Waals surface area contributed by atoms with Gasteiger partial charge >= 0.3 is 0 Å². The Kier molecular flexibility index (Phi) is 24.3. The first-order valence-corrected chi connectivity index (χ1v) is 50.4. The SMILES string of the molecule is Cc1ccc(C(C)(C)C)cc1.Cc1ccc(C)cc1.Cc1ccc2c(c1)C(c1ccccc1)(c1ccccc1)c1cc(F)ccc1-2.Cc1ccc2c(c1)C1(c3ccccc3-c3ccccc31)c1cc(F)ccc1-2.Cc1cccc(-c2ccc3c(c2)-c2ccccc2C32c3ccccc3-c3ccccc32)c1.Cc1ccccc1.Cc1ccccc1-c1ccc2c(c1)-c1ccccc1C21c2ccccc2-c2ccccc21. The van der Waals surface area contributed by atoms with Crippen LogP contribution in [0.2, 0.25) is 0 Å². The molecule has 3 spiro atoms. The molecular weight excluding hydrogens is 1740 g/mol. The standard InChI is InChI=1S/2C32H22.C26H17F.C26H19F.C11H16.C8H10.C7H8/c1-21-9-8-10-22(19-21)23-17-18-31-27(20-23)26-13-4-7-16-30(26)32(31)28-14-5-2-11-24(28)25-12-3-6-15-29(25)32;1-21-10-2-3-11-23(21)22-18-19-31-27(20-22)26-14-6-9-17-30(26)32(31)28-15-7-4-12-24(28)25-13-5-8-16-29(25)32;1-16-10-12-20-21-13-11-17(27)15-25(21)26(24(20)14-16)22-8-4-2-6-18(22)19-7-3-5-9-23(19)26;1-18-12-14-22-23-15-13-21(27)17-25(23)26(24(22)16-18,19-8-4-2-5-9-19)20-10-6-3-7-11-20;1-9-5-7-10(8-6-9)11(2,3)4;1-7-3-5-8(2)6-4-7;1-7-5-3-2-4-6-7/h2*2-20H,1H3;2-15H,1H3;2-17H,1H3;5-8H,1-4H3;3-6H,1-2H3;2-6H,1H3. The summed E-state index contributed by atoms with van der Waals surface area (Å²) in [6, 6.07) is 175. The van der Waals surface area contributed by atoms with Gasteiger partial charge in [0.25, 0.3) is 0 Å². The molecule has 0 fully saturated rings. The largest absolute Gasteiger partial charge is 0.207 e. The summed E-state index contributed by atoms with van der Waals surface area (Å²) in [5.41, 5.74) is 54.3. The van der Waals surface area contributed by atoms with Gasteiger partial charge in [-0.05, 0) is 297 Å². The van der Waals surface area contributed by atoms with Crippen LogP contribution in [0.1, 0.15) is 160 Å². The van der Waals surface area contributed by atoms with E-state index in [0.29, 0.717) is 0 Å². The van der Waals surface area contributed by atoms with E-state index in [2.05, 4.69) is 501 Å². The average Bonchev–Trinajstić information content (AvgIpc) is 1.52. The molecule has 0 bridgehead atoms. The Morgan fingerprint density at radius 2 is 0.396 bits per heavy atom. The quantitative estimate of drug-likeness (QED) is 0.165. The molecule has 28 rings (SSSR count). The van der Waals surface area contributed by atoms with E-state index in [1.165, 1.54) is 206 Å². The van der Waals surface area contributed by atoms with E-state index in [-0.39, 0.29) is 27.9 Å². The molecule has 21 aromatic rings. The molecule has 0 aliphatic heterocycles. The van der Waals surface area contributed by atoms with Gasteiger partial charge in [0.15, 0.2) is 0 Å². The predicted octanol–water partition coefficient (Wildman–Crippen LogP) is 36.6. The first-order chi connectivity index (χ1) is 70.2. The van der Waals surface area contributed by atoms with Crippen LogP contribution in [0.15, 0.2) is 491 Å². The first kappa shape index (κ1) is 92.5. The second kappa shape index (κ2) is 37.8. The fourth-order valence-electron chi connectivity index (χ4n) is 24.3. The van der Waals surface area contributed by atoms with Crippen LogP contribution in [0.5, 0.6) is 0 Å². The van der Waals surface area contributed by atoms with Crippen molar-refractivity contribution in [2.24, 2.45) is 0 Å². The van der Waals surface area contributed by atoms with Gasteiger partial charge in [-0.25, -0.2) is 8.78 Å². The molecule has 0 radical (unpaired) electrons. The van der Waals surface area contributed by atoms with Crippen molar-refractivity contribution in [2.75, 3.05) is 0 Å². The van der Waals surface area contributed by atoms with Gasteiger partial charge in [0.1, 0.15) is 11.6 Å². The molecule has 696 valence electrons. The number of halogens is 2. The van der Waals surface area contributed by atoms with Crippen molar-refractivity contribution in [1.82, 2.24) is 0 Å². The lowest BCUT2D eigenvalue weighted by Crippen LogP contribution is -2.28. The van der Waals surface area contributed by atoms with Gasteiger partial charge in [0, 0.05) is 0 Å². The molecule has 21 aromatic carbocycles. The molecule has 0 unspecified atom stereocenters. The molecule has 7 aliphatic carbocycles. The summed E-state index contributed by atoms with van der Waals surface area (Å²) in [6.07, 6.45) is 0. The third-order valence-corrected chi connectivity index (χ3v) is 30.8. The Hall–Kier alpha value is -16.5. The van der Waals surface area contributed by atoms with Crippen LogP contribution >= 0.6 is 0 Å². The zero-order valence-electron chi connectivity index (χ0n) is 83.5. The lowest BCUT2D eigenvalue weighted by molar-refractivity contribution is 0.590. The summed E-state index contributed by atoms with van der Waals surface area (Å²) in [5.74, 6) is -0.381. The highest BCUT2D eigenvalue weighted by Gasteiger charge is 2.56. The first-order valence-electron chi connectivity index (χ1n) is 50.4. The predicted molar refractivity (Wildman–Crippen MR) is 599 cm³/mol. The van der Waals surface area contributed by atoms with Crippen LogP contribution < -0.4 is 0 Å². The summed E-state index contributed by atoms with van der Waals surface area (Å²) in [7, 11) is 0. The maximum absolute atomic E-state index is 14.5. The van der Waals surface area contributed by atoms with E-state index < -0.39 is 10.8 Å². The topological polar surface area (TPSA) is 0 Å². The van der Waals surface area contributed by atoms with E-state index in [9.17, 15) is 8.78 Å². The maximum Gasteiger partial charge on any atom is 0.123 e. The monoisotopic (exact) mass is 1860 g/mol. The van der Waals surface area contributed by atoms with E-state index in [1.54, 1.807) is 24.3 Å². The molecule has 7 aliphatic rings. The summed E-state index contributed by atoms with van der Waals surface area (Å²) >= 11 is 0. The molecule has 0 saturated carbocycles. The number of rotatable bonds is 4. The van der Waals surface area contributed by atoms with Crippen LogP contribution in [0.25, 0.3) is 100 Å². The van der Waals surface area contributed by atoms with Crippen LogP contribution in [-0.2, 0) is 27.1 Å². The summed E-state index contributed by atoms with van der Waals surface area (Å²) < 4.78 is 28.9. The van der Waals surface area contributed by atoms with Gasteiger partial charge in [-0.2, -0.15) is 0 Å². The minimum absolute atomic E-state index is 0.181. The smallest absolute Gasteiger partial charge is 0.123 e. The Morgan fingerprint density at radius 3 is 0.750 bits per heavy atom. The molecule has 0 nitrogen and oxygen atoms in total. The molecule has 0 N–H and O–H groups in total. The van der Waals surface area contributed by atoms with Gasteiger partial charge in [-0.3, -0.25) is 0 Å². The number of fused-ring (bicyclic) bond motifs is 33. The highest BCUT2D eigenvalue weighted by molar-refractivity contribution is 6.00. The highest BCUT2D eigenvalue weighted by Crippen LogP contribution is 2.67. The van der Waals surface area contributed by atoms with E-state index in [4.69, 9.17) is 0 Å². The van der Waals surface area contributed by atoms with E-state index >= 15 is 0 Å². The van der Waals surface area contributed by atoms with Gasteiger partial charge < -0.3 is 0 Å². The van der Waals surface area contributed by atoms with Crippen LogP contribution in [-0.4, -0.2) is 0 Å². The van der Waals surface area contributed by atoms with Gasteiger partial charge in [0.05, 0.1) is 21.7 Å². The van der Waals surface area contributed by atoms with Gasteiger partial charge in [-0.15, -0.1) is 0 Å². The Bertz CT molecular complexity index is 8050. The number of benzene rings is 21. The van der Waals surface area contributed by atoms with Crippen LogP contribution in [0.3, 0.4) is 0 Å². The second-order valence-corrected chi connectivity index (χ2v) is 40.7. The third-order valence-electron chi connectivity index (χ3n) is 30.8. The Labute approximate surface area is 848 Å². The van der Waals surface area contributed by atoms with Crippen molar-refractivity contribution < 1.29 is 8.78 Å². The lowest BCUT2D eigenvalue weighted by Gasteiger charge is -2.34. The maximum atomic E-state index is 14.5. The average molecular weight is 1860 g/mol. The Morgan fingerprint density at radius 1 is 0.153 bits per heavy atom. The zero-order valence-corrected chi connectivity index (χ0v) is 83.5. The minimum Gasteiger partial charge on any atom is -0.207 e. The van der Waals surface area contributed by atoms with Crippen molar-refractivity contribution in [3.05, 3.63) is 642 Å². The van der Waals surface area contributed by atoms with Crippen molar-refractivity contribution in [3.63, 3.8) is 0 Å². The Balaban J connectivity index is 0.000000101. The molecule has 0 aromatic heterocycles.